The van der Waals surface area contributed by atoms with Gasteiger partial charge in [0.15, 0.2) is 0 Å². The van der Waals surface area contributed by atoms with Crippen LogP contribution in [0.3, 0.4) is 0 Å². The Kier molecular flexibility index (Phi) is 4.29. The molecular formula is C10H10N2O2. The van der Waals surface area contributed by atoms with Gasteiger partial charge >= 0.3 is 0 Å². The molecular weight excluding hydrogens is 180 g/mol. The van der Waals surface area contributed by atoms with Crippen LogP contribution in [0.5, 0.6) is 0 Å². The highest BCUT2D eigenvalue weighted by Gasteiger charge is 2.08. The van der Waals surface area contributed by atoms with Crippen molar-refractivity contribution in [2.24, 2.45) is 15.9 Å². The molecule has 4 nitrogen and oxygen atoms in total. The van der Waals surface area contributed by atoms with Crippen molar-refractivity contribution in [3.05, 3.63) is 23.8 Å². The minimum absolute atomic E-state index is 0.221. The molecule has 0 N–H and O–H groups in total. The Bertz CT molecular complexity index is 345. The van der Waals surface area contributed by atoms with Gasteiger partial charge in [-0.05, 0) is 12.0 Å². The van der Waals surface area contributed by atoms with Gasteiger partial charge in [-0.15, -0.1) is 0 Å². The number of hydrogen-bond acceptors (Lipinski definition) is 4. The molecule has 0 aromatic rings. The van der Waals surface area contributed by atoms with Crippen LogP contribution in [0, 0.1) is 5.92 Å². The standard InChI is InChI=1S/C10H10N2O2/c13-7-11-5-9-2-1-3-10(4-9)6-12-8-14/h1-2,4,10H,3,5-6H2. The molecule has 0 aliphatic heterocycles. The van der Waals surface area contributed by atoms with Gasteiger partial charge in [0, 0.05) is 5.92 Å². The maximum Gasteiger partial charge on any atom is 0.235 e. The zero-order chi connectivity index (χ0) is 10.2. The molecule has 0 heterocycles. The molecule has 1 unspecified atom stereocenters. The van der Waals surface area contributed by atoms with Gasteiger partial charge in [0.1, 0.15) is 0 Å². The Morgan fingerprint density at radius 2 is 2.14 bits per heavy atom. The number of rotatable bonds is 4. The van der Waals surface area contributed by atoms with Gasteiger partial charge < -0.3 is 0 Å². The van der Waals surface area contributed by atoms with E-state index in [1.54, 1.807) is 0 Å². The molecule has 0 saturated carbocycles. The maximum atomic E-state index is 9.90. The van der Waals surface area contributed by atoms with E-state index >= 15 is 0 Å². The molecule has 0 aromatic carbocycles. The van der Waals surface area contributed by atoms with Crippen LogP contribution < -0.4 is 0 Å². The lowest BCUT2D eigenvalue weighted by Gasteiger charge is -2.12. The number of nitrogens with zero attached hydrogens (tertiary/aromatic N) is 2. The quantitative estimate of drug-likeness (QED) is 0.493. The number of hydrogen-bond donors (Lipinski definition) is 0. The van der Waals surface area contributed by atoms with Crippen molar-refractivity contribution in [2.75, 3.05) is 13.1 Å². The summed E-state index contributed by atoms with van der Waals surface area (Å²) < 4.78 is 0. The fourth-order valence-corrected chi connectivity index (χ4v) is 1.33. The van der Waals surface area contributed by atoms with E-state index in [4.69, 9.17) is 0 Å². The Hall–Kier alpha value is -1.76. The molecule has 0 fully saturated rings. The van der Waals surface area contributed by atoms with E-state index in [1.165, 1.54) is 12.2 Å². The van der Waals surface area contributed by atoms with Crippen LogP contribution in [0.2, 0.25) is 0 Å². The molecule has 0 saturated heterocycles. The first-order valence-electron chi connectivity index (χ1n) is 4.31. The lowest BCUT2D eigenvalue weighted by atomic mass is 9.96. The van der Waals surface area contributed by atoms with Crippen molar-refractivity contribution in [2.45, 2.75) is 6.42 Å². The van der Waals surface area contributed by atoms with Gasteiger partial charge in [-0.2, -0.15) is 0 Å². The molecule has 72 valence electrons. The molecule has 1 aliphatic rings. The van der Waals surface area contributed by atoms with Crippen LogP contribution in [-0.4, -0.2) is 25.2 Å². The SMILES string of the molecule is O=C=NCC1=CC(CN=C=O)CC=C1. The third-order valence-corrected chi connectivity index (χ3v) is 1.94. The summed E-state index contributed by atoms with van der Waals surface area (Å²) in [5.41, 5.74) is 0.964. The molecule has 1 rings (SSSR count). The van der Waals surface area contributed by atoms with Gasteiger partial charge in [-0.3, -0.25) is 0 Å². The van der Waals surface area contributed by atoms with Crippen LogP contribution in [0.15, 0.2) is 33.8 Å². The topological polar surface area (TPSA) is 58.9 Å². The van der Waals surface area contributed by atoms with Crippen LogP contribution in [0.25, 0.3) is 0 Å². The molecule has 0 aromatic heterocycles. The average molecular weight is 190 g/mol. The van der Waals surface area contributed by atoms with Crippen LogP contribution in [-0.2, 0) is 9.59 Å². The second-order valence-corrected chi connectivity index (χ2v) is 2.98. The first-order chi connectivity index (χ1) is 6.86. The van der Waals surface area contributed by atoms with Crippen LogP contribution in [0.4, 0.5) is 0 Å². The summed E-state index contributed by atoms with van der Waals surface area (Å²) in [5.74, 6) is 0.221. The second kappa shape index (κ2) is 5.81. The van der Waals surface area contributed by atoms with E-state index in [0.29, 0.717) is 13.1 Å². The summed E-state index contributed by atoms with van der Waals surface area (Å²) in [6.45, 7) is 0.795. The maximum absolute atomic E-state index is 9.90. The summed E-state index contributed by atoms with van der Waals surface area (Å²) in [6, 6.07) is 0. The van der Waals surface area contributed by atoms with Gasteiger partial charge in [0.25, 0.3) is 0 Å². The third kappa shape index (κ3) is 3.31. The van der Waals surface area contributed by atoms with Crippen molar-refractivity contribution < 1.29 is 9.59 Å². The predicted molar refractivity (Wildman–Crippen MR) is 51.3 cm³/mol. The van der Waals surface area contributed by atoms with Crippen molar-refractivity contribution >= 4 is 12.2 Å². The molecule has 0 radical (unpaired) electrons. The minimum Gasteiger partial charge on any atom is -0.211 e. The van der Waals surface area contributed by atoms with Gasteiger partial charge in [-0.25, -0.2) is 19.6 Å². The number of isocyanates is 2. The van der Waals surface area contributed by atoms with E-state index in [-0.39, 0.29) is 5.92 Å². The van der Waals surface area contributed by atoms with Gasteiger partial charge in [0.2, 0.25) is 12.2 Å². The fraction of sp³-hybridized carbons (Fsp3) is 0.400. The molecule has 1 aliphatic carbocycles. The van der Waals surface area contributed by atoms with Crippen LogP contribution >= 0.6 is 0 Å². The summed E-state index contributed by atoms with van der Waals surface area (Å²) in [7, 11) is 0. The van der Waals surface area contributed by atoms with Gasteiger partial charge in [-0.1, -0.05) is 18.2 Å². The highest BCUT2D eigenvalue weighted by molar-refractivity contribution is 5.36. The molecule has 1 atom stereocenters. The molecule has 0 amide bonds. The monoisotopic (exact) mass is 190 g/mol. The van der Waals surface area contributed by atoms with E-state index in [2.05, 4.69) is 9.98 Å². The van der Waals surface area contributed by atoms with E-state index in [0.717, 1.165) is 12.0 Å². The number of aliphatic imine (C=N–C) groups is 2. The van der Waals surface area contributed by atoms with Crippen molar-refractivity contribution in [3.8, 4) is 0 Å². The van der Waals surface area contributed by atoms with Crippen molar-refractivity contribution in [1.82, 2.24) is 0 Å². The van der Waals surface area contributed by atoms with E-state index < -0.39 is 0 Å². The Morgan fingerprint density at radius 3 is 2.86 bits per heavy atom. The highest BCUT2D eigenvalue weighted by Crippen LogP contribution is 2.16. The minimum atomic E-state index is 0.221. The Morgan fingerprint density at radius 1 is 1.36 bits per heavy atom. The number of allylic oxidation sites excluding steroid dienone is 1. The lowest BCUT2D eigenvalue weighted by Crippen LogP contribution is -2.05. The second-order valence-electron chi connectivity index (χ2n) is 2.98. The Labute approximate surface area is 81.8 Å². The summed E-state index contributed by atoms with van der Waals surface area (Å²) in [5, 5.41) is 0. The van der Waals surface area contributed by atoms with Crippen molar-refractivity contribution in [1.29, 1.82) is 0 Å². The van der Waals surface area contributed by atoms with Crippen LogP contribution in [0.1, 0.15) is 6.42 Å². The molecule has 0 spiro atoms. The summed E-state index contributed by atoms with van der Waals surface area (Å²) in [4.78, 5) is 26.8. The normalized spacial score (nSPS) is 19.1. The Balaban J connectivity index is 2.57. The first kappa shape index (κ1) is 10.3. The number of carbonyl (C=O) groups excluding carboxylic acids is 2. The largest absolute Gasteiger partial charge is 0.235 e. The lowest BCUT2D eigenvalue weighted by molar-refractivity contribution is 0.558. The van der Waals surface area contributed by atoms with E-state index in [1.807, 2.05) is 18.2 Å². The first-order valence-corrected chi connectivity index (χ1v) is 4.31. The molecule has 14 heavy (non-hydrogen) atoms. The zero-order valence-electron chi connectivity index (χ0n) is 7.64. The predicted octanol–water partition coefficient (Wildman–Crippen LogP) is 1.16. The highest BCUT2D eigenvalue weighted by atomic mass is 16.1. The molecule has 0 bridgehead atoms. The smallest absolute Gasteiger partial charge is 0.211 e. The summed E-state index contributed by atoms with van der Waals surface area (Å²) in [6.07, 6.45) is 9.74. The molecule has 4 heteroatoms. The zero-order valence-corrected chi connectivity index (χ0v) is 7.64. The summed E-state index contributed by atoms with van der Waals surface area (Å²) >= 11 is 0. The van der Waals surface area contributed by atoms with Gasteiger partial charge in [0.05, 0.1) is 13.1 Å². The average Bonchev–Trinajstić information content (AvgIpc) is 2.24. The third-order valence-electron chi connectivity index (χ3n) is 1.94. The van der Waals surface area contributed by atoms with Crippen molar-refractivity contribution in [3.63, 3.8) is 0 Å². The fourth-order valence-electron chi connectivity index (χ4n) is 1.33. The van der Waals surface area contributed by atoms with E-state index in [9.17, 15) is 9.59 Å².